The summed E-state index contributed by atoms with van der Waals surface area (Å²) in [6.07, 6.45) is 2.06. The zero-order valence-corrected chi connectivity index (χ0v) is 12.9. The minimum Gasteiger partial charge on any atom is -0.345 e. The summed E-state index contributed by atoms with van der Waals surface area (Å²) in [5.41, 5.74) is 2.78. The number of nitrogens with one attached hydrogen (secondary N) is 1. The van der Waals surface area contributed by atoms with Crippen LogP contribution in [0.4, 0.5) is 0 Å². The van der Waals surface area contributed by atoms with Crippen molar-refractivity contribution in [2.75, 3.05) is 6.54 Å². The molecule has 0 aromatic heterocycles. The molecule has 2 fully saturated rings. The molecule has 4 nitrogen and oxygen atoms in total. The number of benzene rings is 1. The smallest absolute Gasteiger partial charge is 0.246 e. The second kappa shape index (κ2) is 4.86. The Morgan fingerprint density at radius 3 is 2.67 bits per heavy atom. The van der Waals surface area contributed by atoms with Crippen LogP contribution in [0.2, 0.25) is 0 Å². The predicted molar refractivity (Wildman–Crippen MR) is 80.6 cm³/mol. The van der Waals surface area contributed by atoms with Crippen molar-refractivity contribution >= 4 is 11.8 Å². The minimum absolute atomic E-state index is 0.00472. The van der Waals surface area contributed by atoms with Crippen molar-refractivity contribution in [2.24, 2.45) is 5.92 Å². The summed E-state index contributed by atoms with van der Waals surface area (Å²) in [5, 5.41) is 2.76. The van der Waals surface area contributed by atoms with Gasteiger partial charge in [0.15, 0.2) is 0 Å². The highest BCUT2D eigenvalue weighted by Gasteiger charge is 2.54. The molecule has 1 aliphatic carbocycles. The van der Waals surface area contributed by atoms with E-state index in [1.54, 1.807) is 4.90 Å². The number of hydrogen-bond donors (Lipinski definition) is 1. The van der Waals surface area contributed by atoms with E-state index in [0.29, 0.717) is 12.5 Å². The van der Waals surface area contributed by atoms with Gasteiger partial charge in [-0.3, -0.25) is 9.59 Å². The van der Waals surface area contributed by atoms with Gasteiger partial charge in [0.1, 0.15) is 5.54 Å². The molecule has 1 N–H and O–H groups in total. The summed E-state index contributed by atoms with van der Waals surface area (Å²) in [7, 11) is 0. The molecule has 1 heterocycles. The third kappa shape index (κ3) is 2.33. The molecule has 112 valence electrons. The first-order chi connectivity index (χ1) is 9.92. The SMILES string of the molecule is Cc1ccc(C)c(CN2C(=O)CNC(=O)C2(C)C2CC2)c1. The van der Waals surface area contributed by atoms with Gasteiger partial charge in [0.25, 0.3) is 0 Å². The van der Waals surface area contributed by atoms with Crippen LogP contribution in [-0.4, -0.2) is 28.8 Å². The fourth-order valence-corrected chi connectivity index (χ4v) is 3.26. The van der Waals surface area contributed by atoms with Gasteiger partial charge in [0.2, 0.25) is 11.8 Å². The van der Waals surface area contributed by atoms with Crippen molar-refractivity contribution in [3.63, 3.8) is 0 Å². The molecule has 4 heteroatoms. The Labute approximate surface area is 125 Å². The van der Waals surface area contributed by atoms with Gasteiger partial charge in [0, 0.05) is 6.54 Å². The molecule has 1 saturated carbocycles. The third-order valence-corrected chi connectivity index (χ3v) is 4.93. The predicted octanol–water partition coefficient (Wildman–Crippen LogP) is 1.93. The second-order valence-corrected chi connectivity index (χ2v) is 6.51. The Balaban J connectivity index is 1.95. The molecule has 2 amide bonds. The molecule has 0 spiro atoms. The Morgan fingerprint density at radius 2 is 2.00 bits per heavy atom. The number of amides is 2. The molecule has 3 rings (SSSR count). The van der Waals surface area contributed by atoms with Gasteiger partial charge in [-0.15, -0.1) is 0 Å². The highest BCUT2D eigenvalue weighted by atomic mass is 16.2. The minimum atomic E-state index is -0.689. The second-order valence-electron chi connectivity index (χ2n) is 6.51. The maximum absolute atomic E-state index is 12.4. The number of rotatable bonds is 3. The number of hydrogen-bond acceptors (Lipinski definition) is 2. The Kier molecular flexibility index (Phi) is 3.27. The molecule has 21 heavy (non-hydrogen) atoms. The van der Waals surface area contributed by atoms with Gasteiger partial charge < -0.3 is 10.2 Å². The highest BCUT2D eigenvalue weighted by molar-refractivity contribution is 5.98. The largest absolute Gasteiger partial charge is 0.345 e. The third-order valence-electron chi connectivity index (χ3n) is 4.93. The lowest BCUT2D eigenvalue weighted by molar-refractivity contribution is -0.155. The lowest BCUT2D eigenvalue weighted by Crippen LogP contribution is -2.66. The van der Waals surface area contributed by atoms with Gasteiger partial charge in [-0.25, -0.2) is 0 Å². The maximum Gasteiger partial charge on any atom is 0.246 e. The van der Waals surface area contributed by atoms with Gasteiger partial charge in [-0.1, -0.05) is 23.8 Å². The summed E-state index contributed by atoms with van der Waals surface area (Å²) in [4.78, 5) is 26.6. The lowest BCUT2D eigenvalue weighted by atomic mass is 9.89. The molecule has 0 radical (unpaired) electrons. The lowest BCUT2D eigenvalue weighted by Gasteiger charge is -2.44. The van der Waals surface area contributed by atoms with E-state index in [-0.39, 0.29) is 18.4 Å². The summed E-state index contributed by atoms with van der Waals surface area (Å²) in [6, 6.07) is 6.26. The fourth-order valence-electron chi connectivity index (χ4n) is 3.26. The summed E-state index contributed by atoms with van der Waals surface area (Å²) in [5.74, 6) is 0.312. The van der Waals surface area contributed by atoms with Gasteiger partial charge in [-0.05, 0) is 50.7 Å². The van der Waals surface area contributed by atoms with Crippen LogP contribution in [0.5, 0.6) is 0 Å². The molecule has 0 bridgehead atoms. The number of carbonyl (C=O) groups is 2. The van der Waals surface area contributed by atoms with Crippen LogP contribution in [0, 0.1) is 19.8 Å². The van der Waals surface area contributed by atoms with Crippen molar-refractivity contribution in [3.8, 4) is 0 Å². The zero-order valence-electron chi connectivity index (χ0n) is 12.9. The summed E-state index contributed by atoms with van der Waals surface area (Å²) >= 11 is 0. The van der Waals surface area contributed by atoms with Gasteiger partial charge >= 0.3 is 0 Å². The number of nitrogens with zero attached hydrogens (tertiary/aromatic N) is 1. The molecule has 1 saturated heterocycles. The van der Waals surface area contributed by atoms with E-state index >= 15 is 0 Å². The summed E-state index contributed by atoms with van der Waals surface area (Å²) in [6.45, 7) is 6.66. The normalized spacial score (nSPS) is 26.0. The van der Waals surface area contributed by atoms with E-state index in [9.17, 15) is 9.59 Å². The van der Waals surface area contributed by atoms with Crippen LogP contribution in [0.1, 0.15) is 36.5 Å². The monoisotopic (exact) mass is 286 g/mol. The van der Waals surface area contributed by atoms with Crippen molar-refractivity contribution in [1.82, 2.24) is 10.2 Å². The van der Waals surface area contributed by atoms with Crippen LogP contribution >= 0.6 is 0 Å². The van der Waals surface area contributed by atoms with E-state index in [0.717, 1.165) is 24.0 Å². The number of carbonyl (C=O) groups excluding carboxylic acids is 2. The molecule has 1 aromatic rings. The highest BCUT2D eigenvalue weighted by Crippen LogP contribution is 2.44. The molecule has 1 aromatic carbocycles. The topological polar surface area (TPSA) is 49.4 Å². The van der Waals surface area contributed by atoms with E-state index in [4.69, 9.17) is 0 Å². The first-order valence-electron chi connectivity index (χ1n) is 7.58. The standard InChI is InChI=1S/C17H22N2O2/c1-11-4-5-12(2)13(8-11)10-19-15(20)9-18-16(21)17(19,3)14-6-7-14/h4-5,8,14H,6-7,9-10H2,1-3H3,(H,18,21). The van der Waals surface area contributed by atoms with E-state index in [1.807, 2.05) is 13.8 Å². The van der Waals surface area contributed by atoms with Crippen LogP contribution in [0.3, 0.4) is 0 Å². The quantitative estimate of drug-likeness (QED) is 0.923. The van der Waals surface area contributed by atoms with Crippen LogP contribution in [0.25, 0.3) is 0 Å². The Hall–Kier alpha value is -1.84. The first-order valence-corrected chi connectivity index (χ1v) is 7.58. The number of aryl methyl sites for hydroxylation is 2. The molecule has 1 unspecified atom stereocenters. The molecule has 1 atom stereocenters. The molecule has 2 aliphatic rings. The van der Waals surface area contributed by atoms with Crippen molar-refractivity contribution < 1.29 is 9.59 Å². The van der Waals surface area contributed by atoms with E-state index in [1.165, 1.54) is 5.56 Å². The van der Waals surface area contributed by atoms with E-state index < -0.39 is 5.54 Å². The van der Waals surface area contributed by atoms with Crippen molar-refractivity contribution in [1.29, 1.82) is 0 Å². The van der Waals surface area contributed by atoms with E-state index in [2.05, 4.69) is 30.4 Å². The Bertz CT molecular complexity index is 607. The van der Waals surface area contributed by atoms with Gasteiger partial charge in [-0.2, -0.15) is 0 Å². The molecular formula is C17H22N2O2. The number of piperazine rings is 1. The van der Waals surface area contributed by atoms with Crippen LogP contribution in [0.15, 0.2) is 18.2 Å². The fraction of sp³-hybridized carbons (Fsp3) is 0.529. The maximum atomic E-state index is 12.4. The average molecular weight is 286 g/mol. The average Bonchev–Trinajstić information content (AvgIpc) is 3.28. The van der Waals surface area contributed by atoms with Crippen LogP contribution < -0.4 is 5.32 Å². The van der Waals surface area contributed by atoms with Crippen molar-refractivity contribution in [2.45, 2.75) is 45.7 Å². The zero-order chi connectivity index (χ0) is 15.2. The van der Waals surface area contributed by atoms with Crippen LogP contribution in [-0.2, 0) is 16.1 Å². The van der Waals surface area contributed by atoms with Gasteiger partial charge in [0.05, 0.1) is 6.54 Å². The molecular weight excluding hydrogens is 264 g/mol. The Morgan fingerprint density at radius 1 is 1.29 bits per heavy atom. The van der Waals surface area contributed by atoms with Crippen molar-refractivity contribution in [3.05, 3.63) is 34.9 Å². The summed E-state index contributed by atoms with van der Waals surface area (Å²) < 4.78 is 0. The first kappa shape index (κ1) is 14.1. The molecule has 1 aliphatic heterocycles.